The fourth-order valence-electron chi connectivity index (χ4n) is 1.98. The van der Waals surface area contributed by atoms with Crippen LogP contribution in [0.3, 0.4) is 0 Å². The first-order chi connectivity index (χ1) is 7.86. The second-order valence-electron chi connectivity index (χ2n) is 3.77. The number of nitrogens with zero attached hydrogens (tertiary/aromatic N) is 1. The van der Waals surface area contributed by atoms with Gasteiger partial charge in [-0.05, 0) is 18.2 Å². The standard InChI is InChI=1S/C13H11NO2/c15-13-11-7-9-16-12(11)6-8-14(13)10-4-2-1-3-5-10/h1-6,8H,7,9H2. The lowest BCUT2D eigenvalue weighted by Gasteiger charge is -2.06. The molecule has 0 saturated heterocycles. The Morgan fingerprint density at radius 3 is 2.75 bits per heavy atom. The molecule has 80 valence electrons. The SMILES string of the molecule is O=c1c2c(ccn1-c1ccccc1)OCC2. The predicted molar refractivity (Wildman–Crippen MR) is 61.2 cm³/mol. The van der Waals surface area contributed by atoms with Crippen LogP contribution >= 0.6 is 0 Å². The number of rotatable bonds is 1. The van der Waals surface area contributed by atoms with Crippen LogP contribution in [0.2, 0.25) is 0 Å². The van der Waals surface area contributed by atoms with Crippen LogP contribution in [-0.4, -0.2) is 11.2 Å². The van der Waals surface area contributed by atoms with Crippen LogP contribution in [-0.2, 0) is 6.42 Å². The minimum Gasteiger partial charge on any atom is -0.493 e. The van der Waals surface area contributed by atoms with E-state index in [9.17, 15) is 4.79 Å². The molecule has 1 aromatic carbocycles. The molecular weight excluding hydrogens is 202 g/mol. The van der Waals surface area contributed by atoms with E-state index in [1.165, 1.54) is 0 Å². The molecule has 3 heteroatoms. The molecule has 0 saturated carbocycles. The summed E-state index contributed by atoms with van der Waals surface area (Å²) in [6.45, 7) is 0.614. The van der Waals surface area contributed by atoms with E-state index >= 15 is 0 Å². The van der Waals surface area contributed by atoms with E-state index in [4.69, 9.17) is 4.74 Å². The van der Waals surface area contributed by atoms with Crippen molar-refractivity contribution in [3.05, 3.63) is 58.5 Å². The molecule has 1 aromatic heterocycles. The van der Waals surface area contributed by atoms with Gasteiger partial charge < -0.3 is 4.74 Å². The van der Waals surface area contributed by atoms with E-state index in [0.717, 1.165) is 17.0 Å². The van der Waals surface area contributed by atoms with Crippen LogP contribution in [0.4, 0.5) is 0 Å². The van der Waals surface area contributed by atoms with Gasteiger partial charge in [0.1, 0.15) is 5.75 Å². The third kappa shape index (κ3) is 1.33. The van der Waals surface area contributed by atoms with Crippen molar-refractivity contribution >= 4 is 0 Å². The van der Waals surface area contributed by atoms with Crippen molar-refractivity contribution in [3.63, 3.8) is 0 Å². The average molecular weight is 213 g/mol. The second kappa shape index (κ2) is 3.52. The number of hydrogen-bond donors (Lipinski definition) is 0. The molecular formula is C13H11NO2. The minimum absolute atomic E-state index is 0.0289. The third-order valence-electron chi connectivity index (χ3n) is 2.79. The van der Waals surface area contributed by atoms with E-state index in [0.29, 0.717) is 13.0 Å². The van der Waals surface area contributed by atoms with E-state index < -0.39 is 0 Å². The maximum atomic E-state index is 12.1. The van der Waals surface area contributed by atoms with Gasteiger partial charge in [-0.25, -0.2) is 0 Å². The van der Waals surface area contributed by atoms with Crippen LogP contribution in [0.5, 0.6) is 5.75 Å². The van der Waals surface area contributed by atoms with Crippen LogP contribution < -0.4 is 10.3 Å². The molecule has 0 amide bonds. The minimum atomic E-state index is 0.0289. The van der Waals surface area contributed by atoms with Crippen LogP contribution in [0.15, 0.2) is 47.4 Å². The number of aromatic nitrogens is 1. The van der Waals surface area contributed by atoms with Gasteiger partial charge in [0, 0.05) is 18.3 Å². The Balaban J connectivity index is 2.21. The monoisotopic (exact) mass is 213 g/mol. The molecule has 0 spiro atoms. The van der Waals surface area contributed by atoms with Crippen molar-refractivity contribution in [2.45, 2.75) is 6.42 Å². The van der Waals surface area contributed by atoms with Crippen molar-refractivity contribution in [3.8, 4) is 11.4 Å². The quantitative estimate of drug-likeness (QED) is 0.723. The number of para-hydroxylation sites is 1. The van der Waals surface area contributed by atoms with Gasteiger partial charge in [0.15, 0.2) is 0 Å². The summed E-state index contributed by atoms with van der Waals surface area (Å²) in [7, 11) is 0. The smallest absolute Gasteiger partial charge is 0.262 e. The number of hydrogen-bond acceptors (Lipinski definition) is 2. The van der Waals surface area contributed by atoms with Crippen molar-refractivity contribution in [2.24, 2.45) is 0 Å². The molecule has 0 unspecified atom stereocenters. The van der Waals surface area contributed by atoms with Gasteiger partial charge in [-0.2, -0.15) is 0 Å². The number of fused-ring (bicyclic) bond motifs is 1. The molecule has 1 aliphatic rings. The topological polar surface area (TPSA) is 31.2 Å². The first kappa shape index (κ1) is 9.21. The molecule has 3 rings (SSSR count). The molecule has 2 aromatic rings. The maximum Gasteiger partial charge on any atom is 0.262 e. The lowest BCUT2D eigenvalue weighted by Crippen LogP contribution is -2.20. The van der Waals surface area contributed by atoms with E-state index in [2.05, 4.69) is 0 Å². The summed E-state index contributed by atoms with van der Waals surface area (Å²) in [6.07, 6.45) is 2.48. The Morgan fingerprint density at radius 2 is 1.94 bits per heavy atom. The first-order valence-corrected chi connectivity index (χ1v) is 5.29. The summed E-state index contributed by atoms with van der Waals surface area (Å²) in [6, 6.07) is 11.5. The lowest BCUT2D eigenvalue weighted by atomic mass is 10.2. The van der Waals surface area contributed by atoms with Crippen LogP contribution in [0.25, 0.3) is 5.69 Å². The fraction of sp³-hybridized carbons (Fsp3) is 0.154. The van der Waals surface area contributed by atoms with Crippen molar-refractivity contribution in [1.29, 1.82) is 0 Å². The predicted octanol–water partition coefficient (Wildman–Crippen LogP) is 1.77. The Hall–Kier alpha value is -2.03. The van der Waals surface area contributed by atoms with E-state index in [1.807, 2.05) is 36.4 Å². The molecule has 0 bridgehead atoms. The largest absolute Gasteiger partial charge is 0.493 e. The highest BCUT2D eigenvalue weighted by Gasteiger charge is 2.17. The van der Waals surface area contributed by atoms with Crippen molar-refractivity contribution in [1.82, 2.24) is 4.57 Å². The van der Waals surface area contributed by atoms with Gasteiger partial charge >= 0.3 is 0 Å². The average Bonchev–Trinajstić information content (AvgIpc) is 2.80. The maximum absolute atomic E-state index is 12.1. The highest BCUT2D eigenvalue weighted by molar-refractivity contribution is 5.39. The highest BCUT2D eigenvalue weighted by Crippen LogP contribution is 2.21. The van der Waals surface area contributed by atoms with Gasteiger partial charge in [-0.3, -0.25) is 9.36 Å². The number of ether oxygens (including phenoxy) is 1. The Morgan fingerprint density at radius 1 is 1.12 bits per heavy atom. The molecule has 1 aliphatic heterocycles. The van der Waals surface area contributed by atoms with Crippen molar-refractivity contribution < 1.29 is 4.74 Å². The summed E-state index contributed by atoms with van der Waals surface area (Å²) in [5.41, 5.74) is 1.70. The van der Waals surface area contributed by atoms with E-state index in [-0.39, 0.29) is 5.56 Å². The zero-order valence-corrected chi connectivity index (χ0v) is 8.72. The van der Waals surface area contributed by atoms with Gasteiger partial charge in [0.2, 0.25) is 0 Å². The van der Waals surface area contributed by atoms with Crippen molar-refractivity contribution in [2.75, 3.05) is 6.61 Å². The normalized spacial score (nSPS) is 13.2. The van der Waals surface area contributed by atoms with Crippen LogP contribution in [0.1, 0.15) is 5.56 Å². The lowest BCUT2D eigenvalue weighted by molar-refractivity contribution is 0.356. The van der Waals surface area contributed by atoms with Gasteiger partial charge in [0.25, 0.3) is 5.56 Å². The van der Waals surface area contributed by atoms with Gasteiger partial charge in [-0.1, -0.05) is 18.2 Å². The fourth-order valence-corrected chi connectivity index (χ4v) is 1.98. The molecule has 0 atom stereocenters. The highest BCUT2D eigenvalue weighted by atomic mass is 16.5. The molecule has 0 radical (unpaired) electrons. The number of benzene rings is 1. The molecule has 0 fully saturated rings. The first-order valence-electron chi connectivity index (χ1n) is 5.29. The summed E-state index contributed by atoms with van der Waals surface area (Å²) < 4.78 is 7.02. The Kier molecular flexibility index (Phi) is 2.03. The molecule has 3 nitrogen and oxygen atoms in total. The summed E-state index contributed by atoms with van der Waals surface area (Å²) in [4.78, 5) is 12.1. The third-order valence-corrected chi connectivity index (χ3v) is 2.79. The second-order valence-corrected chi connectivity index (χ2v) is 3.77. The zero-order chi connectivity index (χ0) is 11.0. The molecule has 0 aliphatic carbocycles. The molecule has 16 heavy (non-hydrogen) atoms. The summed E-state index contributed by atoms with van der Waals surface area (Å²) in [5, 5.41) is 0. The van der Waals surface area contributed by atoms with Gasteiger partial charge in [-0.15, -0.1) is 0 Å². The zero-order valence-electron chi connectivity index (χ0n) is 8.72. The Bertz CT molecular complexity index is 572. The van der Waals surface area contributed by atoms with E-state index in [1.54, 1.807) is 10.8 Å². The summed E-state index contributed by atoms with van der Waals surface area (Å²) in [5.74, 6) is 0.734. The van der Waals surface area contributed by atoms with Gasteiger partial charge in [0.05, 0.1) is 12.2 Å². The van der Waals surface area contributed by atoms with Crippen LogP contribution in [0, 0.1) is 0 Å². The Labute approximate surface area is 92.9 Å². The molecule has 2 heterocycles. The molecule has 0 N–H and O–H groups in total. The number of pyridine rings is 1. The summed E-state index contributed by atoms with van der Waals surface area (Å²) >= 11 is 0.